The third-order valence-electron chi connectivity index (χ3n) is 3.98. The van der Waals surface area contributed by atoms with Crippen LogP contribution in [0.2, 0.25) is 0 Å². The quantitative estimate of drug-likeness (QED) is 0.864. The van der Waals surface area contributed by atoms with Crippen LogP contribution in [0.3, 0.4) is 0 Å². The summed E-state index contributed by atoms with van der Waals surface area (Å²) in [6, 6.07) is 11.1. The fourth-order valence-corrected chi connectivity index (χ4v) is 2.90. The molecular weight excluding hydrogens is 300 g/mol. The van der Waals surface area contributed by atoms with Gasteiger partial charge in [-0.05, 0) is 44.0 Å². The Bertz CT molecular complexity index is 733. The SMILES string of the molecule is CC1Cc2cc(F)c(F)cc2N1C(=O)[C@@H](C)Oc1ccccc1. The van der Waals surface area contributed by atoms with E-state index in [2.05, 4.69) is 0 Å². The number of hydrogen-bond donors (Lipinski definition) is 0. The van der Waals surface area contributed by atoms with E-state index in [0.717, 1.165) is 12.1 Å². The number of carbonyl (C=O) groups excluding carboxylic acids is 1. The Kier molecular flexibility index (Phi) is 4.03. The van der Waals surface area contributed by atoms with Crippen LogP contribution < -0.4 is 9.64 Å². The number of fused-ring (bicyclic) bond motifs is 1. The largest absolute Gasteiger partial charge is 0.481 e. The standard InChI is InChI=1S/C18H17F2NO2/c1-11-8-13-9-15(19)16(20)10-17(13)21(11)18(22)12(2)23-14-6-4-3-5-7-14/h3-7,9-12H,8H2,1-2H3/t11?,12-/m1/s1. The van der Waals surface area contributed by atoms with Crippen LogP contribution in [0.4, 0.5) is 14.5 Å². The Morgan fingerprint density at radius 1 is 1.22 bits per heavy atom. The summed E-state index contributed by atoms with van der Waals surface area (Å²) in [5, 5.41) is 0. The van der Waals surface area contributed by atoms with E-state index < -0.39 is 17.7 Å². The predicted molar refractivity (Wildman–Crippen MR) is 83.5 cm³/mol. The summed E-state index contributed by atoms with van der Waals surface area (Å²) in [5.74, 6) is -1.53. The van der Waals surface area contributed by atoms with Crippen LogP contribution in [-0.4, -0.2) is 18.1 Å². The summed E-state index contributed by atoms with van der Waals surface area (Å²) in [6.07, 6.45) is -0.227. The van der Waals surface area contributed by atoms with Crippen molar-refractivity contribution in [2.75, 3.05) is 4.90 Å². The third kappa shape index (κ3) is 2.91. The topological polar surface area (TPSA) is 29.5 Å². The van der Waals surface area contributed by atoms with Crippen LogP contribution in [0.25, 0.3) is 0 Å². The molecule has 0 spiro atoms. The van der Waals surface area contributed by atoms with Gasteiger partial charge >= 0.3 is 0 Å². The summed E-state index contributed by atoms with van der Waals surface area (Å²) in [6.45, 7) is 3.50. The van der Waals surface area contributed by atoms with Gasteiger partial charge in [-0.15, -0.1) is 0 Å². The number of nitrogens with zero attached hydrogens (tertiary/aromatic N) is 1. The first-order chi connectivity index (χ1) is 11.0. The monoisotopic (exact) mass is 317 g/mol. The minimum Gasteiger partial charge on any atom is -0.481 e. The number of carbonyl (C=O) groups is 1. The molecule has 0 aromatic heterocycles. The highest BCUT2D eigenvalue weighted by Gasteiger charge is 2.35. The van der Waals surface area contributed by atoms with Gasteiger partial charge in [0.1, 0.15) is 5.75 Å². The van der Waals surface area contributed by atoms with Crippen molar-refractivity contribution in [2.24, 2.45) is 0 Å². The minimum absolute atomic E-state index is 0.166. The second-order valence-corrected chi connectivity index (χ2v) is 5.73. The lowest BCUT2D eigenvalue weighted by molar-refractivity contribution is -0.124. The Morgan fingerprint density at radius 3 is 2.57 bits per heavy atom. The Labute approximate surface area is 133 Å². The number of halogens is 2. The van der Waals surface area contributed by atoms with Crippen molar-refractivity contribution in [3.05, 3.63) is 59.7 Å². The maximum Gasteiger partial charge on any atom is 0.268 e. The number of anilines is 1. The Morgan fingerprint density at radius 2 is 1.87 bits per heavy atom. The fourth-order valence-electron chi connectivity index (χ4n) is 2.90. The number of rotatable bonds is 3. The van der Waals surface area contributed by atoms with Crippen LogP contribution in [0.15, 0.2) is 42.5 Å². The second kappa shape index (κ2) is 5.99. The molecule has 1 amide bonds. The van der Waals surface area contributed by atoms with Gasteiger partial charge in [0.05, 0.1) is 5.69 Å². The Balaban J connectivity index is 1.84. The van der Waals surface area contributed by atoms with E-state index in [1.165, 1.54) is 4.90 Å². The molecular formula is C18H17F2NO2. The first kappa shape index (κ1) is 15.5. The van der Waals surface area contributed by atoms with Gasteiger partial charge in [-0.1, -0.05) is 18.2 Å². The van der Waals surface area contributed by atoms with Gasteiger partial charge in [0.25, 0.3) is 5.91 Å². The molecule has 2 aromatic carbocycles. The highest BCUT2D eigenvalue weighted by atomic mass is 19.2. The molecule has 0 N–H and O–H groups in total. The van der Waals surface area contributed by atoms with E-state index in [9.17, 15) is 13.6 Å². The van der Waals surface area contributed by atoms with Crippen molar-refractivity contribution in [1.29, 1.82) is 0 Å². The molecule has 0 saturated carbocycles. The number of hydrogen-bond acceptors (Lipinski definition) is 2. The molecule has 0 bridgehead atoms. The van der Waals surface area contributed by atoms with Crippen molar-refractivity contribution in [3.63, 3.8) is 0 Å². The van der Waals surface area contributed by atoms with Crippen LogP contribution >= 0.6 is 0 Å². The highest BCUT2D eigenvalue weighted by molar-refractivity contribution is 5.99. The molecule has 2 aromatic rings. The molecule has 0 saturated heterocycles. The van der Waals surface area contributed by atoms with E-state index in [-0.39, 0.29) is 11.9 Å². The van der Waals surface area contributed by atoms with Gasteiger partial charge in [0.15, 0.2) is 17.7 Å². The van der Waals surface area contributed by atoms with Gasteiger partial charge in [-0.2, -0.15) is 0 Å². The Hall–Kier alpha value is -2.43. The van der Waals surface area contributed by atoms with Crippen molar-refractivity contribution in [3.8, 4) is 5.75 Å². The average Bonchev–Trinajstić information content (AvgIpc) is 2.83. The van der Waals surface area contributed by atoms with E-state index in [0.29, 0.717) is 23.4 Å². The molecule has 1 aliphatic rings. The zero-order chi connectivity index (χ0) is 16.6. The van der Waals surface area contributed by atoms with Crippen LogP contribution in [-0.2, 0) is 11.2 Å². The van der Waals surface area contributed by atoms with Crippen molar-refractivity contribution < 1.29 is 18.3 Å². The van der Waals surface area contributed by atoms with Gasteiger partial charge in [-0.3, -0.25) is 4.79 Å². The van der Waals surface area contributed by atoms with Crippen LogP contribution in [0, 0.1) is 11.6 Å². The van der Waals surface area contributed by atoms with Crippen molar-refractivity contribution in [2.45, 2.75) is 32.4 Å². The van der Waals surface area contributed by atoms with E-state index >= 15 is 0 Å². The highest BCUT2D eigenvalue weighted by Crippen LogP contribution is 2.34. The number of benzene rings is 2. The number of para-hydroxylation sites is 1. The first-order valence-electron chi connectivity index (χ1n) is 7.50. The lowest BCUT2D eigenvalue weighted by Gasteiger charge is -2.26. The predicted octanol–water partition coefficient (Wildman–Crippen LogP) is 3.71. The summed E-state index contributed by atoms with van der Waals surface area (Å²) in [5.41, 5.74) is 1.06. The lowest BCUT2D eigenvalue weighted by Crippen LogP contribution is -2.43. The lowest BCUT2D eigenvalue weighted by atomic mass is 10.1. The maximum absolute atomic E-state index is 13.5. The van der Waals surface area contributed by atoms with Gasteiger partial charge in [0.2, 0.25) is 0 Å². The van der Waals surface area contributed by atoms with Crippen LogP contribution in [0.1, 0.15) is 19.4 Å². The number of ether oxygens (including phenoxy) is 1. The molecule has 23 heavy (non-hydrogen) atoms. The average molecular weight is 317 g/mol. The molecule has 1 unspecified atom stereocenters. The molecule has 1 heterocycles. The third-order valence-corrected chi connectivity index (χ3v) is 3.98. The molecule has 3 nitrogen and oxygen atoms in total. The van der Waals surface area contributed by atoms with Gasteiger partial charge in [0, 0.05) is 12.1 Å². The smallest absolute Gasteiger partial charge is 0.268 e. The normalized spacial score (nSPS) is 17.7. The van der Waals surface area contributed by atoms with Gasteiger partial charge < -0.3 is 9.64 Å². The molecule has 0 fully saturated rings. The molecule has 120 valence electrons. The summed E-state index contributed by atoms with van der Waals surface area (Å²) < 4.78 is 32.6. The molecule has 5 heteroatoms. The van der Waals surface area contributed by atoms with E-state index in [4.69, 9.17) is 4.74 Å². The zero-order valence-corrected chi connectivity index (χ0v) is 12.9. The zero-order valence-electron chi connectivity index (χ0n) is 12.9. The fraction of sp³-hybridized carbons (Fsp3) is 0.278. The first-order valence-corrected chi connectivity index (χ1v) is 7.50. The molecule has 1 aliphatic heterocycles. The molecule has 3 rings (SSSR count). The van der Waals surface area contributed by atoms with Crippen molar-refractivity contribution >= 4 is 11.6 Å². The molecule has 2 atom stereocenters. The summed E-state index contributed by atoms with van der Waals surface area (Å²) in [7, 11) is 0. The molecule has 0 radical (unpaired) electrons. The van der Waals surface area contributed by atoms with Crippen LogP contribution in [0.5, 0.6) is 5.75 Å². The number of amides is 1. The van der Waals surface area contributed by atoms with E-state index in [1.807, 2.05) is 25.1 Å². The molecule has 0 aliphatic carbocycles. The second-order valence-electron chi connectivity index (χ2n) is 5.73. The van der Waals surface area contributed by atoms with E-state index in [1.54, 1.807) is 19.1 Å². The summed E-state index contributed by atoms with van der Waals surface area (Å²) >= 11 is 0. The minimum atomic E-state index is -0.952. The van der Waals surface area contributed by atoms with Crippen molar-refractivity contribution in [1.82, 2.24) is 0 Å². The summed E-state index contributed by atoms with van der Waals surface area (Å²) in [4.78, 5) is 14.2. The maximum atomic E-state index is 13.5. The van der Waals surface area contributed by atoms with Gasteiger partial charge in [-0.25, -0.2) is 8.78 Å².